The van der Waals surface area contributed by atoms with Crippen LogP contribution in [-0.2, 0) is 0 Å². The van der Waals surface area contributed by atoms with Gasteiger partial charge in [0.15, 0.2) is 11.6 Å². The standard InChI is InChI=1S/C11H7F2N5/c12-7-1-2-9(6(3-7)4-14)17-10-8(13)5-16-11(15)18-10/h1-3,5H,(H3,15,16,17,18). The van der Waals surface area contributed by atoms with Gasteiger partial charge in [-0.05, 0) is 18.2 Å². The molecule has 7 heteroatoms. The number of benzene rings is 1. The van der Waals surface area contributed by atoms with Crippen LogP contribution in [0.2, 0.25) is 0 Å². The van der Waals surface area contributed by atoms with E-state index in [2.05, 4.69) is 15.3 Å². The molecular weight excluding hydrogens is 240 g/mol. The van der Waals surface area contributed by atoms with Crippen LogP contribution in [0.15, 0.2) is 24.4 Å². The maximum atomic E-state index is 13.4. The summed E-state index contributed by atoms with van der Waals surface area (Å²) in [7, 11) is 0. The quantitative estimate of drug-likeness (QED) is 0.846. The van der Waals surface area contributed by atoms with Crippen molar-refractivity contribution in [1.29, 1.82) is 5.26 Å². The van der Waals surface area contributed by atoms with Crippen LogP contribution in [0.4, 0.5) is 26.2 Å². The van der Waals surface area contributed by atoms with Gasteiger partial charge in [0.2, 0.25) is 5.95 Å². The highest BCUT2D eigenvalue weighted by molar-refractivity contribution is 5.65. The lowest BCUT2D eigenvalue weighted by Crippen LogP contribution is -2.03. The molecule has 0 amide bonds. The molecule has 0 bridgehead atoms. The highest BCUT2D eigenvalue weighted by atomic mass is 19.1. The number of rotatable bonds is 2. The fraction of sp³-hybridized carbons (Fsp3) is 0. The normalized spacial score (nSPS) is 9.83. The van der Waals surface area contributed by atoms with Crippen LogP contribution in [0.5, 0.6) is 0 Å². The molecule has 90 valence electrons. The number of nitrogen functional groups attached to an aromatic ring is 1. The highest BCUT2D eigenvalue weighted by Gasteiger charge is 2.09. The second-order valence-corrected chi connectivity index (χ2v) is 3.35. The number of nitrogens with two attached hydrogens (primary N) is 1. The molecule has 0 aliphatic heterocycles. The fourth-order valence-corrected chi connectivity index (χ4v) is 1.31. The van der Waals surface area contributed by atoms with Crippen molar-refractivity contribution in [1.82, 2.24) is 9.97 Å². The van der Waals surface area contributed by atoms with E-state index in [0.29, 0.717) is 0 Å². The minimum absolute atomic E-state index is 0.0339. The summed E-state index contributed by atoms with van der Waals surface area (Å²) in [5.41, 5.74) is 5.59. The number of hydrogen-bond acceptors (Lipinski definition) is 5. The van der Waals surface area contributed by atoms with Gasteiger partial charge < -0.3 is 11.1 Å². The molecule has 1 aromatic heterocycles. The van der Waals surface area contributed by atoms with E-state index in [1.54, 1.807) is 6.07 Å². The summed E-state index contributed by atoms with van der Waals surface area (Å²) >= 11 is 0. The number of nitriles is 1. The monoisotopic (exact) mass is 247 g/mol. The molecule has 18 heavy (non-hydrogen) atoms. The van der Waals surface area contributed by atoms with Crippen molar-refractivity contribution in [3.63, 3.8) is 0 Å². The van der Waals surface area contributed by atoms with E-state index >= 15 is 0 Å². The molecule has 2 rings (SSSR count). The van der Waals surface area contributed by atoms with Gasteiger partial charge in [-0.1, -0.05) is 0 Å². The van der Waals surface area contributed by atoms with Gasteiger partial charge in [0.1, 0.15) is 11.9 Å². The number of anilines is 3. The third-order valence-corrected chi connectivity index (χ3v) is 2.12. The molecule has 0 unspecified atom stereocenters. The van der Waals surface area contributed by atoms with E-state index in [1.807, 2.05) is 0 Å². The average molecular weight is 247 g/mol. The molecule has 0 radical (unpaired) electrons. The third-order valence-electron chi connectivity index (χ3n) is 2.12. The van der Waals surface area contributed by atoms with Crippen molar-refractivity contribution in [2.24, 2.45) is 0 Å². The van der Waals surface area contributed by atoms with Crippen LogP contribution in [0, 0.1) is 23.0 Å². The zero-order valence-corrected chi connectivity index (χ0v) is 8.98. The zero-order chi connectivity index (χ0) is 13.1. The summed E-state index contributed by atoms with van der Waals surface area (Å²) in [4.78, 5) is 7.11. The van der Waals surface area contributed by atoms with Crippen LogP contribution >= 0.6 is 0 Å². The van der Waals surface area contributed by atoms with Crippen molar-refractivity contribution in [2.45, 2.75) is 0 Å². The second-order valence-electron chi connectivity index (χ2n) is 3.35. The molecule has 0 saturated carbocycles. The van der Waals surface area contributed by atoms with Crippen LogP contribution in [-0.4, -0.2) is 9.97 Å². The fourth-order valence-electron chi connectivity index (χ4n) is 1.31. The number of aromatic nitrogens is 2. The molecule has 0 fully saturated rings. The predicted molar refractivity (Wildman–Crippen MR) is 60.8 cm³/mol. The van der Waals surface area contributed by atoms with Crippen molar-refractivity contribution in [3.8, 4) is 6.07 Å². The first-order valence-corrected chi connectivity index (χ1v) is 4.85. The van der Waals surface area contributed by atoms with Crippen LogP contribution < -0.4 is 11.1 Å². The smallest absolute Gasteiger partial charge is 0.222 e. The molecule has 0 atom stereocenters. The van der Waals surface area contributed by atoms with Crippen molar-refractivity contribution < 1.29 is 8.78 Å². The minimum Gasteiger partial charge on any atom is -0.368 e. The van der Waals surface area contributed by atoms with Crippen LogP contribution in [0.25, 0.3) is 0 Å². The number of halogens is 2. The summed E-state index contributed by atoms with van der Waals surface area (Å²) in [6.45, 7) is 0. The maximum absolute atomic E-state index is 13.4. The Morgan fingerprint density at radius 1 is 1.33 bits per heavy atom. The Kier molecular flexibility index (Phi) is 3.02. The van der Waals surface area contributed by atoms with Crippen molar-refractivity contribution in [2.75, 3.05) is 11.1 Å². The van der Waals surface area contributed by atoms with Gasteiger partial charge in [-0.15, -0.1) is 0 Å². The summed E-state index contributed by atoms with van der Waals surface area (Å²) in [5.74, 6) is -1.57. The second kappa shape index (κ2) is 4.63. The minimum atomic E-state index is -0.725. The van der Waals surface area contributed by atoms with Gasteiger partial charge in [0.25, 0.3) is 0 Å². The van der Waals surface area contributed by atoms with E-state index in [4.69, 9.17) is 11.0 Å². The van der Waals surface area contributed by atoms with E-state index in [-0.39, 0.29) is 23.0 Å². The number of nitrogens with one attached hydrogen (secondary N) is 1. The van der Waals surface area contributed by atoms with E-state index < -0.39 is 11.6 Å². The summed E-state index contributed by atoms with van der Waals surface area (Å²) < 4.78 is 26.3. The summed E-state index contributed by atoms with van der Waals surface area (Å²) in [6.07, 6.45) is 0.903. The molecule has 0 saturated heterocycles. The molecule has 1 heterocycles. The molecule has 1 aromatic carbocycles. The highest BCUT2D eigenvalue weighted by Crippen LogP contribution is 2.22. The summed E-state index contributed by atoms with van der Waals surface area (Å²) in [6, 6.07) is 5.28. The lowest BCUT2D eigenvalue weighted by Gasteiger charge is -2.08. The van der Waals surface area contributed by atoms with Crippen LogP contribution in [0.3, 0.4) is 0 Å². The Hall–Kier alpha value is -2.75. The molecule has 0 spiro atoms. The first-order chi connectivity index (χ1) is 8.60. The molecule has 0 aliphatic rings. The Balaban J connectivity index is 2.40. The van der Waals surface area contributed by atoms with E-state index in [0.717, 1.165) is 18.3 Å². The average Bonchev–Trinajstić information content (AvgIpc) is 2.36. The Labute approximate surface area is 101 Å². The topological polar surface area (TPSA) is 87.6 Å². The molecule has 3 N–H and O–H groups in total. The largest absolute Gasteiger partial charge is 0.368 e. The molecule has 2 aromatic rings. The lowest BCUT2D eigenvalue weighted by atomic mass is 10.2. The SMILES string of the molecule is N#Cc1cc(F)ccc1Nc1nc(N)ncc1F. The van der Waals surface area contributed by atoms with Gasteiger partial charge >= 0.3 is 0 Å². The van der Waals surface area contributed by atoms with Gasteiger partial charge in [0.05, 0.1) is 17.4 Å². The first-order valence-electron chi connectivity index (χ1n) is 4.85. The lowest BCUT2D eigenvalue weighted by molar-refractivity contribution is 0.619. The zero-order valence-electron chi connectivity index (χ0n) is 8.98. The Morgan fingerprint density at radius 2 is 2.11 bits per heavy atom. The summed E-state index contributed by atoms with van der Waals surface area (Å²) in [5, 5.41) is 11.4. The number of nitrogens with zero attached hydrogens (tertiary/aromatic N) is 3. The Morgan fingerprint density at radius 3 is 2.83 bits per heavy atom. The molecular formula is C11H7F2N5. The van der Waals surface area contributed by atoms with Gasteiger partial charge in [-0.25, -0.2) is 13.8 Å². The molecule has 0 aliphatic carbocycles. The Bertz CT molecular complexity index is 636. The van der Waals surface area contributed by atoms with Crippen molar-refractivity contribution >= 4 is 17.5 Å². The van der Waals surface area contributed by atoms with Crippen molar-refractivity contribution in [3.05, 3.63) is 41.6 Å². The van der Waals surface area contributed by atoms with Gasteiger partial charge in [-0.3, -0.25) is 0 Å². The van der Waals surface area contributed by atoms with E-state index in [1.165, 1.54) is 6.07 Å². The third kappa shape index (κ3) is 2.32. The number of hydrogen-bond donors (Lipinski definition) is 2. The maximum Gasteiger partial charge on any atom is 0.222 e. The van der Waals surface area contributed by atoms with E-state index in [9.17, 15) is 8.78 Å². The molecule has 5 nitrogen and oxygen atoms in total. The first kappa shape index (κ1) is 11.7. The van der Waals surface area contributed by atoms with Crippen LogP contribution in [0.1, 0.15) is 5.56 Å². The van der Waals surface area contributed by atoms with Gasteiger partial charge in [0, 0.05) is 0 Å². The van der Waals surface area contributed by atoms with Gasteiger partial charge in [-0.2, -0.15) is 10.2 Å². The predicted octanol–water partition coefficient (Wildman–Crippen LogP) is 1.95.